The number of likely N-dealkylation sites (tertiary alicyclic amines) is 1. The molecule has 1 aromatic carbocycles. The fraction of sp³-hybridized carbons (Fsp3) is 0.700. The zero-order valence-electron chi connectivity index (χ0n) is 14.8. The van der Waals surface area contributed by atoms with Gasteiger partial charge >= 0.3 is 0 Å². The predicted molar refractivity (Wildman–Crippen MR) is 96.2 cm³/mol. The van der Waals surface area contributed by atoms with Crippen molar-refractivity contribution in [3.63, 3.8) is 0 Å². The predicted octanol–water partition coefficient (Wildman–Crippen LogP) is 3.65. The maximum Gasteiger partial charge on any atom is 0.119 e. The van der Waals surface area contributed by atoms with E-state index in [1.807, 2.05) is 6.07 Å². The molecule has 0 radical (unpaired) electrons. The Morgan fingerprint density at radius 3 is 2.78 bits per heavy atom. The van der Waals surface area contributed by atoms with Crippen LogP contribution in [0, 0.1) is 5.92 Å². The Morgan fingerprint density at radius 1 is 1.17 bits per heavy atom. The van der Waals surface area contributed by atoms with Crippen molar-refractivity contribution in [2.45, 2.75) is 50.5 Å². The normalized spacial score (nSPS) is 27.0. The van der Waals surface area contributed by atoms with Gasteiger partial charge in [0.15, 0.2) is 0 Å². The summed E-state index contributed by atoms with van der Waals surface area (Å²) in [5, 5.41) is 3.88. The molecule has 1 aliphatic carbocycles. The first-order chi connectivity index (χ1) is 11.2. The first kappa shape index (κ1) is 16.8. The van der Waals surface area contributed by atoms with Crippen LogP contribution in [-0.4, -0.2) is 44.7 Å². The highest BCUT2D eigenvalue weighted by molar-refractivity contribution is 5.31. The Balaban J connectivity index is 1.57. The Morgan fingerprint density at radius 2 is 2.00 bits per heavy atom. The van der Waals surface area contributed by atoms with Gasteiger partial charge < -0.3 is 15.0 Å². The second-order valence-corrected chi connectivity index (χ2v) is 7.54. The first-order valence-electron chi connectivity index (χ1n) is 9.30. The van der Waals surface area contributed by atoms with Gasteiger partial charge in [-0.3, -0.25) is 0 Å². The van der Waals surface area contributed by atoms with E-state index in [-0.39, 0.29) is 0 Å². The van der Waals surface area contributed by atoms with E-state index in [4.69, 9.17) is 4.74 Å². The van der Waals surface area contributed by atoms with Crippen LogP contribution in [0.25, 0.3) is 0 Å². The third-order valence-corrected chi connectivity index (χ3v) is 5.62. The van der Waals surface area contributed by atoms with Gasteiger partial charge in [0, 0.05) is 19.1 Å². The second-order valence-electron chi connectivity index (χ2n) is 7.54. The van der Waals surface area contributed by atoms with Crippen LogP contribution >= 0.6 is 0 Å². The summed E-state index contributed by atoms with van der Waals surface area (Å²) >= 11 is 0. The molecule has 1 N–H and O–H groups in total. The topological polar surface area (TPSA) is 24.5 Å². The molecule has 2 atom stereocenters. The number of ether oxygens (including phenoxy) is 1. The van der Waals surface area contributed by atoms with E-state index in [0.29, 0.717) is 12.0 Å². The highest BCUT2D eigenvalue weighted by Crippen LogP contribution is 2.29. The molecule has 0 amide bonds. The molecule has 1 heterocycles. The quantitative estimate of drug-likeness (QED) is 0.897. The molecular weight excluding hydrogens is 284 g/mol. The van der Waals surface area contributed by atoms with E-state index in [2.05, 4.69) is 35.5 Å². The van der Waals surface area contributed by atoms with E-state index in [1.165, 1.54) is 57.2 Å². The lowest BCUT2D eigenvalue weighted by molar-refractivity contribution is 0.195. The van der Waals surface area contributed by atoms with Gasteiger partial charge in [-0.25, -0.2) is 0 Å². The van der Waals surface area contributed by atoms with E-state index in [9.17, 15) is 0 Å². The molecule has 0 spiro atoms. The van der Waals surface area contributed by atoms with Crippen LogP contribution in [-0.2, 0) is 0 Å². The number of hydrogen-bond acceptors (Lipinski definition) is 3. The van der Waals surface area contributed by atoms with Gasteiger partial charge in [0.2, 0.25) is 0 Å². The van der Waals surface area contributed by atoms with E-state index in [0.717, 1.165) is 18.2 Å². The van der Waals surface area contributed by atoms with Gasteiger partial charge in [0.25, 0.3) is 0 Å². The van der Waals surface area contributed by atoms with Crippen LogP contribution in [0.15, 0.2) is 24.3 Å². The van der Waals surface area contributed by atoms with E-state index >= 15 is 0 Å². The minimum Gasteiger partial charge on any atom is -0.497 e. The smallest absolute Gasteiger partial charge is 0.119 e. The molecule has 1 aliphatic heterocycles. The van der Waals surface area contributed by atoms with Crippen LogP contribution in [0.5, 0.6) is 5.75 Å². The minimum absolute atomic E-state index is 0.604. The first-order valence-corrected chi connectivity index (χ1v) is 9.30. The lowest BCUT2D eigenvalue weighted by Gasteiger charge is -2.37. The third-order valence-electron chi connectivity index (χ3n) is 5.62. The zero-order valence-corrected chi connectivity index (χ0v) is 14.8. The van der Waals surface area contributed by atoms with Crippen molar-refractivity contribution in [3.8, 4) is 5.75 Å². The van der Waals surface area contributed by atoms with Gasteiger partial charge in [-0.05, 0) is 62.4 Å². The summed E-state index contributed by atoms with van der Waals surface area (Å²) in [6.07, 6.45) is 8.40. The molecule has 3 rings (SSSR count). The number of benzene rings is 1. The fourth-order valence-electron chi connectivity index (χ4n) is 4.33. The van der Waals surface area contributed by atoms with Crippen LogP contribution in [0.1, 0.15) is 50.0 Å². The maximum atomic E-state index is 5.40. The number of nitrogens with one attached hydrogen (secondary N) is 1. The summed E-state index contributed by atoms with van der Waals surface area (Å²) in [7, 11) is 4.00. The van der Waals surface area contributed by atoms with Gasteiger partial charge in [-0.1, -0.05) is 31.4 Å². The molecule has 1 saturated heterocycles. The molecule has 1 saturated carbocycles. The van der Waals surface area contributed by atoms with Crippen LogP contribution < -0.4 is 10.1 Å². The van der Waals surface area contributed by atoms with E-state index in [1.54, 1.807) is 7.11 Å². The summed E-state index contributed by atoms with van der Waals surface area (Å²) in [6, 6.07) is 9.24. The number of rotatable bonds is 5. The molecular formula is C20H32N2O. The van der Waals surface area contributed by atoms with Crippen LogP contribution in [0.2, 0.25) is 0 Å². The number of nitrogens with zero attached hydrogens (tertiary/aromatic N) is 1. The molecule has 3 heteroatoms. The Hall–Kier alpha value is -1.06. The molecule has 128 valence electrons. The van der Waals surface area contributed by atoms with Crippen molar-refractivity contribution in [1.82, 2.24) is 10.2 Å². The second kappa shape index (κ2) is 8.16. The summed E-state index contributed by atoms with van der Waals surface area (Å²) in [5.74, 6) is 2.49. The Labute approximate surface area is 141 Å². The van der Waals surface area contributed by atoms with Gasteiger partial charge in [0.1, 0.15) is 5.75 Å². The van der Waals surface area contributed by atoms with Crippen molar-refractivity contribution in [1.29, 1.82) is 0 Å². The van der Waals surface area contributed by atoms with Gasteiger partial charge in [-0.15, -0.1) is 0 Å². The molecule has 3 nitrogen and oxygen atoms in total. The molecule has 0 aromatic heterocycles. The molecule has 0 bridgehead atoms. The van der Waals surface area contributed by atoms with E-state index < -0.39 is 0 Å². The number of likely N-dealkylation sites (N-methyl/N-ethyl adjacent to an activating group) is 1. The molecule has 2 fully saturated rings. The standard InChI is InChI=1S/C20H32N2O/c1-22-14-18(17-9-6-10-20(12-17)23-2)11-19(15-22)21-13-16-7-4-3-5-8-16/h6,9-10,12,16,18-19,21H,3-5,7-8,11,13-15H2,1-2H3. The monoisotopic (exact) mass is 316 g/mol. The Kier molecular flexibility index (Phi) is 5.96. The highest BCUT2D eigenvalue weighted by atomic mass is 16.5. The summed E-state index contributed by atoms with van der Waals surface area (Å²) in [5.41, 5.74) is 1.42. The van der Waals surface area contributed by atoms with Crippen LogP contribution in [0.3, 0.4) is 0 Å². The van der Waals surface area contributed by atoms with Crippen molar-refractivity contribution in [2.24, 2.45) is 5.92 Å². The third kappa shape index (κ3) is 4.71. The van der Waals surface area contributed by atoms with Crippen molar-refractivity contribution in [2.75, 3.05) is 33.8 Å². The van der Waals surface area contributed by atoms with Crippen molar-refractivity contribution >= 4 is 0 Å². The van der Waals surface area contributed by atoms with Gasteiger partial charge in [-0.2, -0.15) is 0 Å². The highest BCUT2D eigenvalue weighted by Gasteiger charge is 2.27. The largest absolute Gasteiger partial charge is 0.497 e. The summed E-state index contributed by atoms with van der Waals surface area (Å²) in [4.78, 5) is 2.48. The molecule has 2 aliphatic rings. The number of hydrogen-bond donors (Lipinski definition) is 1. The molecule has 1 aromatic rings. The van der Waals surface area contributed by atoms with Crippen molar-refractivity contribution < 1.29 is 4.74 Å². The minimum atomic E-state index is 0.604. The SMILES string of the molecule is COc1cccc(C2CC(NCC3CCCCC3)CN(C)C2)c1. The fourth-order valence-corrected chi connectivity index (χ4v) is 4.33. The number of methoxy groups -OCH3 is 1. The lowest BCUT2D eigenvalue weighted by atomic mass is 9.86. The average molecular weight is 316 g/mol. The maximum absolute atomic E-state index is 5.40. The summed E-state index contributed by atoms with van der Waals surface area (Å²) in [6.45, 7) is 3.53. The lowest BCUT2D eigenvalue weighted by Crippen LogP contribution is -2.48. The summed E-state index contributed by atoms with van der Waals surface area (Å²) < 4.78 is 5.40. The van der Waals surface area contributed by atoms with Crippen LogP contribution in [0.4, 0.5) is 0 Å². The van der Waals surface area contributed by atoms with Crippen molar-refractivity contribution in [3.05, 3.63) is 29.8 Å². The average Bonchev–Trinajstić information content (AvgIpc) is 2.60. The molecule has 23 heavy (non-hydrogen) atoms. The zero-order chi connectivity index (χ0) is 16.1. The Bertz CT molecular complexity index is 484. The molecule has 2 unspecified atom stereocenters. The van der Waals surface area contributed by atoms with Gasteiger partial charge in [0.05, 0.1) is 7.11 Å². The number of piperidine rings is 1.